The van der Waals surface area contributed by atoms with Gasteiger partial charge in [-0.3, -0.25) is 4.98 Å². The summed E-state index contributed by atoms with van der Waals surface area (Å²) in [5.41, 5.74) is 1.58. The monoisotopic (exact) mass is 225 g/mol. The number of ether oxygens (including phenoxy) is 2. The third kappa shape index (κ3) is 4.16. The predicted octanol–water partition coefficient (Wildman–Crippen LogP) is 1.69. The Hall–Kier alpha value is -1.13. The van der Waals surface area contributed by atoms with Crippen LogP contribution in [0.4, 0.5) is 0 Å². The Labute approximate surface area is 96.2 Å². The van der Waals surface area contributed by atoms with E-state index in [2.05, 4.69) is 4.98 Å². The molecule has 1 aromatic heterocycles. The van der Waals surface area contributed by atoms with Crippen LogP contribution in [0.2, 0.25) is 0 Å². The van der Waals surface area contributed by atoms with Crippen LogP contribution in [0.3, 0.4) is 0 Å². The van der Waals surface area contributed by atoms with E-state index < -0.39 is 0 Å². The quantitative estimate of drug-likeness (QED) is 0.748. The van der Waals surface area contributed by atoms with E-state index in [0.29, 0.717) is 24.5 Å². The molecule has 1 aromatic rings. The summed E-state index contributed by atoms with van der Waals surface area (Å²) in [5, 5.41) is 9.10. The molecular weight excluding hydrogens is 206 g/mol. The van der Waals surface area contributed by atoms with Crippen LogP contribution in [0.25, 0.3) is 0 Å². The largest absolute Gasteiger partial charge is 0.491 e. The lowest BCUT2D eigenvalue weighted by molar-refractivity contribution is 0.0547. The summed E-state index contributed by atoms with van der Waals surface area (Å²) < 4.78 is 10.9. The minimum absolute atomic E-state index is 0.0619. The molecule has 0 atom stereocenters. The van der Waals surface area contributed by atoms with Gasteiger partial charge in [-0.25, -0.2) is 0 Å². The summed E-state index contributed by atoms with van der Waals surface area (Å²) in [6.45, 7) is 6.82. The number of rotatable bonds is 6. The molecule has 0 saturated heterocycles. The highest BCUT2D eigenvalue weighted by Gasteiger charge is 2.04. The topological polar surface area (TPSA) is 51.6 Å². The van der Waals surface area contributed by atoms with Crippen molar-refractivity contribution < 1.29 is 14.6 Å². The van der Waals surface area contributed by atoms with Gasteiger partial charge in [-0.2, -0.15) is 0 Å². The molecule has 0 aliphatic heterocycles. The molecule has 0 amide bonds. The Balaban J connectivity index is 2.48. The average molecular weight is 225 g/mol. The van der Waals surface area contributed by atoms with Gasteiger partial charge in [-0.15, -0.1) is 0 Å². The number of aliphatic hydroxyl groups excluding tert-OH is 1. The third-order valence-electron chi connectivity index (χ3n) is 2.04. The zero-order valence-electron chi connectivity index (χ0n) is 10.1. The summed E-state index contributed by atoms with van der Waals surface area (Å²) in [6.07, 6.45) is 1.84. The number of aromatic nitrogens is 1. The van der Waals surface area contributed by atoms with Crippen molar-refractivity contribution in [2.75, 3.05) is 13.2 Å². The van der Waals surface area contributed by atoms with Gasteiger partial charge >= 0.3 is 0 Å². The van der Waals surface area contributed by atoms with Gasteiger partial charge in [0.05, 0.1) is 19.3 Å². The minimum Gasteiger partial charge on any atom is -0.491 e. The fraction of sp³-hybridized carbons (Fsp3) is 0.583. The Morgan fingerprint density at radius 3 is 2.75 bits per heavy atom. The summed E-state index contributed by atoms with van der Waals surface area (Å²) in [6, 6.07) is 1.82. The van der Waals surface area contributed by atoms with Gasteiger partial charge in [-0.05, 0) is 20.8 Å². The van der Waals surface area contributed by atoms with Gasteiger partial charge in [-0.1, -0.05) is 0 Å². The van der Waals surface area contributed by atoms with E-state index in [-0.39, 0.29) is 12.7 Å². The lowest BCUT2D eigenvalue weighted by atomic mass is 10.2. The zero-order chi connectivity index (χ0) is 12.0. The number of pyridine rings is 1. The van der Waals surface area contributed by atoms with Gasteiger partial charge < -0.3 is 14.6 Å². The second kappa shape index (κ2) is 6.45. The molecule has 1 heterocycles. The highest BCUT2D eigenvalue weighted by Crippen LogP contribution is 2.18. The van der Waals surface area contributed by atoms with E-state index >= 15 is 0 Å². The maximum atomic E-state index is 9.10. The Bertz CT molecular complexity index is 326. The van der Waals surface area contributed by atoms with Gasteiger partial charge in [0, 0.05) is 23.5 Å². The second-order valence-electron chi connectivity index (χ2n) is 3.86. The number of hydrogen-bond donors (Lipinski definition) is 1. The van der Waals surface area contributed by atoms with Crippen molar-refractivity contribution in [2.24, 2.45) is 0 Å². The van der Waals surface area contributed by atoms with E-state index in [4.69, 9.17) is 14.6 Å². The molecule has 0 fully saturated rings. The normalized spacial score (nSPS) is 10.8. The van der Waals surface area contributed by atoms with Crippen LogP contribution < -0.4 is 4.74 Å². The molecule has 0 aromatic carbocycles. The summed E-state index contributed by atoms with van der Waals surface area (Å²) >= 11 is 0. The van der Waals surface area contributed by atoms with Crippen LogP contribution in [0.15, 0.2) is 12.3 Å². The second-order valence-corrected chi connectivity index (χ2v) is 3.86. The molecule has 90 valence electrons. The van der Waals surface area contributed by atoms with Crippen molar-refractivity contribution in [3.8, 4) is 5.75 Å². The van der Waals surface area contributed by atoms with Crippen molar-refractivity contribution in [3.05, 3.63) is 23.5 Å². The van der Waals surface area contributed by atoms with Crippen LogP contribution in [0.1, 0.15) is 25.1 Å². The molecule has 0 bridgehead atoms. The fourth-order valence-corrected chi connectivity index (χ4v) is 1.25. The Kier molecular flexibility index (Phi) is 5.22. The fourth-order valence-electron chi connectivity index (χ4n) is 1.25. The van der Waals surface area contributed by atoms with Gasteiger partial charge in [0.2, 0.25) is 0 Å². The number of nitrogens with zero attached hydrogens (tertiary/aromatic N) is 1. The first-order valence-corrected chi connectivity index (χ1v) is 5.44. The molecular formula is C12H19NO3. The number of aryl methyl sites for hydroxylation is 1. The lowest BCUT2D eigenvalue weighted by Gasteiger charge is -2.12. The van der Waals surface area contributed by atoms with Gasteiger partial charge in [0.25, 0.3) is 0 Å². The third-order valence-corrected chi connectivity index (χ3v) is 2.04. The maximum absolute atomic E-state index is 9.10. The number of hydrogen-bond acceptors (Lipinski definition) is 4. The standard InChI is InChI=1S/C12H19NO3/c1-9(2)15-4-5-16-12-6-10(3)13-7-11(12)8-14/h6-7,9,14H,4-5,8H2,1-3H3. The van der Waals surface area contributed by atoms with Crippen LogP contribution in [-0.2, 0) is 11.3 Å². The van der Waals surface area contributed by atoms with Crippen molar-refractivity contribution in [1.29, 1.82) is 0 Å². The van der Waals surface area contributed by atoms with E-state index in [9.17, 15) is 0 Å². The molecule has 0 unspecified atom stereocenters. The molecule has 1 rings (SSSR count). The molecule has 0 spiro atoms. The highest BCUT2D eigenvalue weighted by atomic mass is 16.5. The van der Waals surface area contributed by atoms with E-state index in [1.54, 1.807) is 6.20 Å². The average Bonchev–Trinajstić information content (AvgIpc) is 2.24. The lowest BCUT2D eigenvalue weighted by Crippen LogP contribution is -2.12. The van der Waals surface area contributed by atoms with Crippen LogP contribution >= 0.6 is 0 Å². The van der Waals surface area contributed by atoms with Crippen molar-refractivity contribution in [3.63, 3.8) is 0 Å². The smallest absolute Gasteiger partial charge is 0.128 e. The summed E-state index contributed by atoms with van der Waals surface area (Å²) in [5.74, 6) is 0.683. The van der Waals surface area contributed by atoms with E-state index in [0.717, 1.165) is 5.69 Å². The minimum atomic E-state index is -0.0619. The van der Waals surface area contributed by atoms with Crippen LogP contribution in [0, 0.1) is 6.92 Å². The van der Waals surface area contributed by atoms with Crippen molar-refractivity contribution in [1.82, 2.24) is 4.98 Å². The van der Waals surface area contributed by atoms with Crippen LogP contribution in [0.5, 0.6) is 5.75 Å². The Morgan fingerprint density at radius 1 is 1.38 bits per heavy atom. The Morgan fingerprint density at radius 2 is 2.12 bits per heavy atom. The first kappa shape index (κ1) is 12.9. The van der Waals surface area contributed by atoms with Crippen LogP contribution in [-0.4, -0.2) is 29.4 Å². The SMILES string of the molecule is Cc1cc(OCCOC(C)C)c(CO)cn1. The predicted molar refractivity (Wildman–Crippen MR) is 61.5 cm³/mol. The van der Waals surface area contributed by atoms with Gasteiger partial charge in [0.15, 0.2) is 0 Å². The van der Waals surface area contributed by atoms with E-state index in [1.165, 1.54) is 0 Å². The molecule has 0 aliphatic rings. The summed E-state index contributed by atoms with van der Waals surface area (Å²) in [4.78, 5) is 4.10. The first-order chi connectivity index (χ1) is 7.63. The molecule has 0 saturated carbocycles. The summed E-state index contributed by atoms with van der Waals surface area (Å²) in [7, 11) is 0. The molecule has 1 N–H and O–H groups in total. The molecule has 4 nitrogen and oxygen atoms in total. The molecule has 0 aliphatic carbocycles. The molecule has 4 heteroatoms. The maximum Gasteiger partial charge on any atom is 0.128 e. The zero-order valence-corrected chi connectivity index (χ0v) is 10.1. The van der Waals surface area contributed by atoms with E-state index in [1.807, 2.05) is 26.8 Å². The molecule has 0 radical (unpaired) electrons. The highest BCUT2D eigenvalue weighted by molar-refractivity contribution is 5.32. The van der Waals surface area contributed by atoms with Crippen molar-refractivity contribution in [2.45, 2.75) is 33.5 Å². The molecule has 16 heavy (non-hydrogen) atoms. The number of aliphatic hydroxyl groups is 1. The first-order valence-electron chi connectivity index (χ1n) is 5.44. The van der Waals surface area contributed by atoms with Crippen molar-refractivity contribution >= 4 is 0 Å². The van der Waals surface area contributed by atoms with Gasteiger partial charge in [0.1, 0.15) is 12.4 Å².